The normalized spacial score (nSPS) is 24.2. The highest BCUT2D eigenvalue weighted by atomic mass is 19.4. The quantitative estimate of drug-likeness (QED) is 0.496. The summed E-state index contributed by atoms with van der Waals surface area (Å²) in [5.41, 5.74) is 1.92. The molecule has 2 aliphatic heterocycles. The molecule has 0 radical (unpaired) electrons. The first-order chi connectivity index (χ1) is 15.8. The van der Waals surface area contributed by atoms with E-state index in [9.17, 15) is 18.0 Å². The lowest BCUT2D eigenvalue weighted by molar-refractivity contribution is -0.154. The highest BCUT2D eigenvalue weighted by Crippen LogP contribution is 2.34. The number of ether oxygens (including phenoxy) is 2. The number of carbonyl (C=O) groups excluding carboxylic acids is 1. The van der Waals surface area contributed by atoms with Crippen LogP contribution in [0.3, 0.4) is 0 Å². The van der Waals surface area contributed by atoms with Crippen molar-refractivity contribution in [2.45, 2.75) is 76.5 Å². The van der Waals surface area contributed by atoms with Gasteiger partial charge in [0.15, 0.2) is 6.61 Å². The Balaban J connectivity index is 1.14. The van der Waals surface area contributed by atoms with Crippen molar-refractivity contribution in [3.8, 4) is 5.88 Å². The summed E-state index contributed by atoms with van der Waals surface area (Å²) in [6.07, 6.45) is 5.56. The van der Waals surface area contributed by atoms with Crippen molar-refractivity contribution in [2.75, 3.05) is 32.8 Å². The first kappa shape index (κ1) is 24.5. The molecule has 33 heavy (non-hydrogen) atoms. The van der Waals surface area contributed by atoms with Crippen molar-refractivity contribution < 1.29 is 27.4 Å². The predicted molar refractivity (Wildman–Crippen MR) is 118 cm³/mol. The highest BCUT2D eigenvalue weighted by molar-refractivity contribution is 5.78. The molecule has 0 aromatic carbocycles. The molecule has 5 nitrogen and oxygen atoms in total. The van der Waals surface area contributed by atoms with Gasteiger partial charge in [-0.25, -0.2) is 4.98 Å². The molecule has 2 fully saturated rings. The Morgan fingerprint density at radius 3 is 2.61 bits per heavy atom. The zero-order valence-electron chi connectivity index (χ0n) is 19.2. The van der Waals surface area contributed by atoms with Crippen LogP contribution in [0.1, 0.15) is 62.6 Å². The van der Waals surface area contributed by atoms with Crippen molar-refractivity contribution in [1.29, 1.82) is 0 Å². The van der Waals surface area contributed by atoms with E-state index in [0.29, 0.717) is 31.1 Å². The summed E-state index contributed by atoms with van der Waals surface area (Å²) in [6, 6.07) is 3.37. The Hall–Kier alpha value is -1.67. The zero-order chi connectivity index (χ0) is 23.3. The molecule has 3 aliphatic rings. The number of Topliss-reactive ketones (excluding diaryl/α,β-unsaturated/α-hetero) is 1. The van der Waals surface area contributed by atoms with Crippen LogP contribution in [-0.4, -0.2) is 60.8 Å². The Morgan fingerprint density at radius 1 is 1.09 bits per heavy atom. The van der Waals surface area contributed by atoms with Gasteiger partial charge in [0.2, 0.25) is 5.88 Å². The van der Waals surface area contributed by atoms with Crippen molar-refractivity contribution in [1.82, 2.24) is 9.88 Å². The molecular weight excluding hydrogens is 433 g/mol. The van der Waals surface area contributed by atoms with E-state index in [0.717, 1.165) is 75.3 Å². The molecule has 2 atom stereocenters. The molecule has 0 bridgehead atoms. The minimum absolute atomic E-state index is 0.0377. The van der Waals surface area contributed by atoms with Crippen molar-refractivity contribution in [2.24, 2.45) is 11.8 Å². The van der Waals surface area contributed by atoms with Crippen LogP contribution in [0.5, 0.6) is 5.88 Å². The Labute approximate surface area is 194 Å². The number of carbonyl (C=O) groups is 1. The monoisotopic (exact) mass is 468 g/mol. The van der Waals surface area contributed by atoms with Crippen LogP contribution >= 0.6 is 0 Å². The van der Waals surface area contributed by atoms with Gasteiger partial charge in [-0.1, -0.05) is 18.9 Å². The average molecular weight is 469 g/mol. The number of halogens is 3. The van der Waals surface area contributed by atoms with E-state index in [1.165, 1.54) is 18.9 Å². The van der Waals surface area contributed by atoms with E-state index in [4.69, 9.17) is 9.47 Å². The van der Waals surface area contributed by atoms with Crippen LogP contribution in [0.25, 0.3) is 0 Å². The summed E-state index contributed by atoms with van der Waals surface area (Å²) in [5, 5.41) is 0. The second-order valence-corrected chi connectivity index (χ2v) is 9.91. The average Bonchev–Trinajstić information content (AvgIpc) is 3.63. The summed E-state index contributed by atoms with van der Waals surface area (Å²) in [6.45, 7) is 2.04. The molecule has 0 N–H and O–H groups in total. The molecule has 0 unspecified atom stereocenters. The third-order valence-electron chi connectivity index (χ3n) is 7.07. The molecule has 1 saturated heterocycles. The SMILES string of the molecule is O=C(CCC1CC1)C[C@H]1CC[C@H](CCN2CCc3ccc(OCC(F)(F)F)nc3CC2)OC1. The molecule has 0 amide bonds. The van der Waals surface area contributed by atoms with Gasteiger partial charge in [-0.15, -0.1) is 0 Å². The molecule has 4 rings (SSSR count). The van der Waals surface area contributed by atoms with Crippen LogP contribution in [0.2, 0.25) is 0 Å². The van der Waals surface area contributed by atoms with Gasteiger partial charge in [0.25, 0.3) is 0 Å². The predicted octanol–water partition coefficient (Wildman–Crippen LogP) is 4.76. The molecule has 1 aliphatic carbocycles. The molecule has 1 aromatic rings. The number of pyridine rings is 1. The maximum Gasteiger partial charge on any atom is 0.422 e. The standard InChI is InChI=1S/C25H35F3N2O3/c26-25(27,28)17-33-24-8-5-20-9-12-30(14-11-23(20)29-24)13-10-22-7-4-19(16-32-22)15-21(31)6-3-18-1-2-18/h5,8,18-19,22H,1-4,6-7,9-17H2/t19-,22-/m1/s1. The van der Waals surface area contributed by atoms with E-state index < -0.39 is 12.8 Å². The number of alkyl halides is 3. The van der Waals surface area contributed by atoms with Gasteiger partial charge in [0.1, 0.15) is 5.78 Å². The fraction of sp³-hybridized carbons (Fsp3) is 0.760. The van der Waals surface area contributed by atoms with Crippen LogP contribution in [0.15, 0.2) is 12.1 Å². The molecule has 1 saturated carbocycles. The Kier molecular flexibility index (Phi) is 8.28. The fourth-order valence-electron chi connectivity index (χ4n) is 4.84. The Bertz CT molecular complexity index is 790. The number of hydrogen-bond acceptors (Lipinski definition) is 5. The van der Waals surface area contributed by atoms with E-state index in [1.807, 2.05) is 6.07 Å². The molecule has 1 aromatic heterocycles. The van der Waals surface area contributed by atoms with Crippen molar-refractivity contribution in [3.63, 3.8) is 0 Å². The van der Waals surface area contributed by atoms with Gasteiger partial charge in [-0.3, -0.25) is 4.79 Å². The summed E-state index contributed by atoms with van der Waals surface area (Å²) in [4.78, 5) is 18.9. The molecule has 3 heterocycles. The lowest BCUT2D eigenvalue weighted by Gasteiger charge is -2.30. The molecule has 8 heteroatoms. The number of aromatic nitrogens is 1. The number of ketones is 1. The van der Waals surface area contributed by atoms with Gasteiger partial charge < -0.3 is 14.4 Å². The Morgan fingerprint density at radius 2 is 1.88 bits per heavy atom. The van der Waals surface area contributed by atoms with Crippen molar-refractivity contribution in [3.05, 3.63) is 23.4 Å². The smallest absolute Gasteiger partial charge is 0.422 e. The molecule has 0 spiro atoms. The molecular formula is C25H35F3N2O3. The number of hydrogen-bond donors (Lipinski definition) is 0. The van der Waals surface area contributed by atoms with E-state index in [1.54, 1.807) is 0 Å². The number of nitrogens with zero attached hydrogens (tertiary/aromatic N) is 2. The van der Waals surface area contributed by atoms with Crippen molar-refractivity contribution >= 4 is 5.78 Å². The zero-order valence-corrected chi connectivity index (χ0v) is 19.2. The van der Waals surface area contributed by atoms with Crippen LogP contribution < -0.4 is 4.74 Å². The van der Waals surface area contributed by atoms with Gasteiger partial charge in [-0.05, 0) is 49.5 Å². The van der Waals surface area contributed by atoms with E-state index in [2.05, 4.69) is 9.88 Å². The summed E-state index contributed by atoms with van der Waals surface area (Å²) < 4.78 is 48.0. The third-order valence-corrected chi connectivity index (χ3v) is 7.07. The minimum Gasteiger partial charge on any atom is -0.468 e. The first-order valence-corrected chi connectivity index (χ1v) is 12.4. The second kappa shape index (κ2) is 11.2. The maximum atomic E-state index is 12.4. The van der Waals surface area contributed by atoms with E-state index in [-0.39, 0.29) is 12.0 Å². The second-order valence-electron chi connectivity index (χ2n) is 9.91. The summed E-state index contributed by atoms with van der Waals surface area (Å²) in [7, 11) is 0. The fourth-order valence-corrected chi connectivity index (χ4v) is 4.84. The van der Waals surface area contributed by atoms with Gasteiger partial charge in [0.05, 0.1) is 12.7 Å². The number of fused-ring (bicyclic) bond motifs is 1. The topological polar surface area (TPSA) is 51.7 Å². The lowest BCUT2D eigenvalue weighted by atomic mass is 9.91. The van der Waals surface area contributed by atoms with Crippen LogP contribution in [0, 0.1) is 11.8 Å². The van der Waals surface area contributed by atoms with Crippen LogP contribution in [0.4, 0.5) is 13.2 Å². The van der Waals surface area contributed by atoms with Gasteiger partial charge >= 0.3 is 6.18 Å². The summed E-state index contributed by atoms with van der Waals surface area (Å²) >= 11 is 0. The lowest BCUT2D eigenvalue weighted by Crippen LogP contribution is -2.33. The van der Waals surface area contributed by atoms with Gasteiger partial charge in [0, 0.05) is 50.7 Å². The number of rotatable bonds is 10. The largest absolute Gasteiger partial charge is 0.468 e. The minimum atomic E-state index is -4.36. The first-order valence-electron chi connectivity index (χ1n) is 12.4. The molecule has 184 valence electrons. The highest BCUT2D eigenvalue weighted by Gasteiger charge is 2.29. The maximum absolute atomic E-state index is 12.4. The van der Waals surface area contributed by atoms with Gasteiger partial charge in [-0.2, -0.15) is 13.2 Å². The summed E-state index contributed by atoms with van der Waals surface area (Å²) in [5.74, 6) is 1.63. The third kappa shape index (κ3) is 8.25. The van der Waals surface area contributed by atoms with Crippen LogP contribution in [-0.2, 0) is 22.4 Å². The van der Waals surface area contributed by atoms with E-state index >= 15 is 0 Å².